The van der Waals surface area contributed by atoms with Gasteiger partial charge in [0.15, 0.2) is 5.82 Å². The SMILES string of the molecule is Cc1cccc(Nc2cnnc(Nc3ccccc3C(C)(C)C)n2)c1. The largest absolute Gasteiger partial charge is 0.339 e. The Bertz CT molecular complexity index is 868. The summed E-state index contributed by atoms with van der Waals surface area (Å²) >= 11 is 0. The first-order valence-electron chi connectivity index (χ1n) is 8.32. The van der Waals surface area contributed by atoms with Crippen molar-refractivity contribution in [2.75, 3.05) is 10.6 Å². The van der Waals surface area contributed by atoms with E-state index < -0.39 is 0 Å². The van der Waals surface area contributed by atoms with Crippen LogP contribution in [0.3, 0.4) is 0 Å². The molecule has 0 atom stereocenters. The van der Waals surface area contributed by atoms with Crippen LogP contribution in [0.25, 0.3) is 0 Å². The number of hydrogen-bond acceptors (Lipinski definition) is 5. The van der Waals surface area contributed by atoms with Gasteiger partial charge in [0.2, 0.25) is 5.95 Å². The molecule has 0 saturated heterocycles. The Hall–Kier alpha value is -2.95. The maximum Gasteiger partial charge on any atom is 0.249 e. The molecule has 128 valence electrons. The van der Waals surface area contributed by atoms with E-state index in [0.29, 0.717) is 11.8 Å². The highest BCUT2D eigenvalue weighted by Crippen LogP contribution is 2.30. The van der Waals surface area contributed by atoms with Crippen LogP contribution >= 0.6 is 0 Å². The van der Waals surface area contributed by atoms with Crippen LogP contribution < -0.4 is 10.6 Å². The zero-order chi connectivity index (χ0) is 17.9. The van der Waals surface area contributed by atoms with Crippen molar-refractivity contribution in [3.05, 3.63) is 65.9 Å². The van der Waals surface area contributed by atoms with Gasteiger partial charge in [0, 0.05) is 11.4 Å². The molecule has 0 amide bonds. The fraction of sp³-hybridized carbons (Fsp3) is 0.250. The highest BCUT2D eigenvalue weighted by atomic mass is 15.3. The molecule has 0 aliphatic carbocycles. The minimum Gasteiger partial charge on any atom is -0.339 e. The molecule has 5 nitrogen and oxygen atoms in total. The van der Waals surface area contributed by atoms with Gasteiger partial charge in [0.1, 0.15) is 0 Å². The second-order valence-corrected chi connectivity index (χ2v) is 7.08. The van der Waals surface area contributed by atoms with Crippen molar-refractivity contribution in [2.45, 2.75) is 33.1 Å². The summed E-state index contributed by atoms with van der Waals surface area (Å²) in [5.41, 5.74) is 4.38. The van der Waals surface area contributed by atoms with Gasteiger partial charge in [-0.3, -0.25) is 0 Å². The van der Waals surface area contributed by atoms with E-state index in [-0.39, 0.29) is 5.41 Å². The minimum absolute atomic E-state index is 0.0223. The standard InChI is InChI=1S/C20H23N5/c1-14-8-7-9-15(12-14)22-18-13-21-25-19(24-18)23-17-11-6-5-10-16(17)20(2,3)4/h5-13H,1-4H3,(H2,22,23,24,25). The van der Waals surface area contributed by atoms with E-state index in [0.717, 1.165) is 11.4 Å². The number of rotatable bonds is 4. The third kappa shape index (κ3) is 4.32. The van der Waals surface area contributed by atoms with Gasteiger partial charge in [-0.15, -0.1) is 5.10 Å². The molecule has 0 bridgehead atoms. The predicted octanol–water partition coefficient (Wildman–Crippen LogP) is 4.96. The van der Waals surface area contributed by atoms with Crippen LogP contribution in [0.1, 0.15) is 31.9 Å². The average molecular weight is 333 g/mol. The first-order chi connectivity index (χ1) is 11.9. The van der Waals surface area contributed by atoms with E-state index in [4.69, 9.17) is 0 Å². The van der Waals surface area contributed by atoms with Gasteiger partial charge in [-0.05, 0) is 41.7 Å². The highest BCUT2D eigenvalue weighted by molar-refractivity contribution is 5.62. The van der Waals surface area contributed by atoms with E-state index in [9.17, 15) is 0 Å². The molecule has 2 N–H and O–H groups in total. The topological polar surface area (TPSA) is 62.7 Å². The van der Waals surface area contributed by atoms with Gasteiger partial charge in [0.05, 0.1) is 6.20 Å². The third-order valence-electron chi connectivity index (χ3n) is 3.83. The Balaban J connectivity index is 1.83. The first-order valence-corrected chi connectivity index (χ1v) is 8.32. The molecular formula is C20H23N5. The molecule has 2 aromatic carbocycles. The quantitative estimate of drug-likeness (QED) is 0.706. The summed E-state index contributed by atoms with van der Waals surface area (Å²) in [7, 11) is 0. The normalized spacial score (nSPS) is 11.2. The molecule has 0 unspecified atom stereocenters. The fourth-order valence-electron chi connectivity index (χ4n) is 2.65. The number of hydrogen-bond donors (Lipinski definition) is 2. The third-order valence-corrected chi connectivity index (χ3v) is 3.83. The van der Waals surface area contributed by atoms with E-state index >= 15 is 0 Å². The molecule has 1 aromatic heterocycles. The van der Waals surface area contributed by atoms with Crippen LogP contribution in [-0.2, 0) is 5.41 Å². The number of nitrogens with zero attached hydrogens (tertiary/aromatic N) is 3. The molecule has 1 heterocycles. The fourth-order valence-corrected chi connectivity index (χ4v) is 2.65. The first kappa shape index (κ1) is 16.9. The van der Waals surface area contributed by atoms with Gasteiger partial charge in [0.25, 0.3) is 0 Å². The second kappa shape index (κ2) is 6.89. The molecule has 3 rings (SSSR count). The van der Waals surface area contributed by atoms with Crippen LogP contribution in [0.4, 0.5) is 23.1 Å². The number of para-hydroxylation sites is 1. The van der Waals surface area contributed by atoms with Crippen molar-refractivity contribution in [3.8, 4) is 0 Å². The van der Waals surface area contributed by atoms with Crippen LogP contribution in [0.5, 0.6) is 0 Å². The number of benzene rings is 2. The smallest absolute Gasteiger partial charge is 0.249 e. The molecule has 0 spiro atoms. The summed E-state index contributed by atoms with van der Waals surface area (Å²) in [4.78, 5) is 4.52. The summed E-state index contributed by atoms with van der Waals surface area (Å²) < 4.78 is 0. The molecule has 5 heteroatoms. The summed E-state index contributed by atoms with van der Waals surface area (Å²) in [6.45, 7) is 8.60. The molecule has 0 aliphatic heterocycles. The van der Waals surface area contributed by atoms with Gasteiger partial charge in [-0.2, -0.15) is 10.1 Å². The van der Waals surface area contributed by atoms with E-state index in [2.05, 4.69) is 71.7 Å². The van der Waals surface area contributed by atoms with Crippen molar-refractivity contribution in [2.24, 2.45) is 0 Å². The summed E-state index contributed by atoms with van der Waals surface area (Å²) in [6.07, 6.45) is 1.61. The summed E-state index contributed by atoms with van der Waals surface area (Å²) in [5.74, 6) is 1.12. The van der Waals surface area contributed by atoms with Crippen LogP contribution in [0.2, 0.25) is 0 Å². The van der Waals surface area contributed by atoms with Crippen molar-refractivity contribution in [1.29, 1.82) is 0 Å². The van der Waals surface area contributed by atoms with Crippen molar-refractivity contribution < 1.29 is 0 Å². The average Bonchev–Trinajstić information content (AvgIpc) is 2.55. The Labute approximate surface area is 148 Å². The minimum atomic E-state index is 0.0223. The van der Waals surface area contributed by atoms with Crippen LogP contribution in [0.15, 0.2) is 54.7 Å². The lowest BCUT2D eigenvalue weighted by Gasteiger charge is -2.22. The van der Waals surface area contributed by atoms with Gasteiger partial charge in [-0.1, -0.05) is 51.1 Å². The lowest BCUT2D eigenvalue weighted by molar-refractivity contribution is 0.592. The summed E-state index contributed by atoms with van der Waals surface area (Å²) in [5, 5.41) is 14.7. The Kier molecular flexibility index (Phi) is 4.65. The zero-order valence-electron chi connectivity index (χ0n) is 15.0. The highest BCUT2D eigenvalue weighted by Gasteiger charge is 2.18. The Morgan fingerprint density at radius 3 is 2.48 bits per heavy atom. The van der Waals surface area contributed by atoms with Crippen molar-refractivity contribution >= 4 is 23.1 Å². The lowest BCUT2D eigenvalue weighted by atomic mass is 9.86. The number of nitrogens with one attached hydrogen (secondary N) is 2. The van der Waals surface area contributed by atoms with Gasteiger partial charge < -0.3 is 10.6 Å². The molecule has 0 fully saturated rings. The van der Waals surface area contributed by atoms with Crippen molar-refractivity contribution in [3.63, 3.8) is 0 Å². The monoisotopic (exact) mass is 333 g/mol. The van der Waals surface area contributed by atoms with Crippen LogP contribution in [0, 0.1) is 6.92 Å². The van der Waals surface area contributed by atoms with Gasteiger partial charge in [-0.25, -0.2) is 0 Å². The van der Waals surface area contributed by atoms with E-state index in [1.54, 1.807) is 6.20 Å². The number of aromatic nitrogens is 3. The summed E-state index contributed by atoms with van der Waals surface area (Å²) in [6, 6.07) is 16.3. The lowest BCUT2D eigenvalue weighted by Crippen LogP contribution is -2.14. The van der Waals surface area contributed by atoms with E-state index in [1.807, 2.05) is 30.3 Å². The molecule has 25 heavy (non-hydrogen) atoms. The number of anilines is 4. The maximum atomic E-state index is 4.52. The second-order valence-electron chi connectivity index (χ2n) is 7.08. The maximum absolute atomic E-state index is 4.52. The number of aryl methyl sites for hydroxylation is 1. The molecule has 0 radical (unpaired) electrons. The van der Waals surface area contributed by atoms with Crippen LogP contribution in [-0.4, -0.2) is 15.2 Å². The Morgan fingerprint density at radius 2 is 1.72 bits per heavy atom. The predicted molar refractivity (Wildman–Crippen MR) is 103 cm³/mol. The molecule has 3 aromatic rings. The molecule has 0 aliphatic rings. The van der Waals surface area contributed by atoms with E-state index in [1.165, 1.54) is 11.1 Å². The van der Waals surface area contributed by atoms with Crippen molar-refractivity contribution in [1.82, 2.24) is 15.2 Å². The Morgan fingerprint density at radius 1 is 0.920 bits per heavy atom. The molecular weight excluding hydrogens is 310 g/mol. The van der Waals surface area contributed by atoms with Gasteiger partial charge >= 0.3 is 0 Å². The molecule has 0 saturated carbocycles. The zero-order valence-corrected chi connectivity index (χ0v) is 15.0.